The number of carbonyl (C=O) groups is 1. The number of rotatable bonds is 5. The molecule has 3 aromatic rings. The number of benzene rings is 1. The minimum absolute atomic E-state index is 0.117. The van der Waals surface area contributed by atoms with Gasteiger partial charge in [0, 0.05) is 37.6 Å². The molecule has 1 aromatic carbocycles. The fourth-order valence-electron chi connectivity index (χ4n) is 2.97. The first kappa shape index (κ1) is 17.3. The Kier molecular flexibility index (Phi) is 4.18. The summed E-state index contributed by atoms with van der Waals surface area (Å²) in [4.78, 5) is 29.1. The molecule has 7 nitrogen and oxygen atoms in total. The molecule has 1 fully saturated rings. The largest absolute Gasteiger partial charge is 0.497 e. The van der Waals surface area contributed by atoms with Gasteiger partial charge in [0.05, 0.1) is 12.8 Å². The highest BCUT2D eigenvalue weighted by Crippen LogP contribution is 2.28. The molecule has 0 aliphatic heterocycles. The maximum absolute atomic E-state index is 14.5. The molecule has 0 atom stereocenters. The maximum atomic E-state index is 14.5. The third-order valence-electron chi connectivity index (χ3n) is 4.78. The van der Waals surface area contributed by atoms with Gasteiger partial charge in [-0.25, -0.2) is 9.37 Å². The minimum Gasteiger partial charge on any atom is -0.497 e. The maximum Gasteiger partial charge on any atom is 0.294 e. The summed E-state index contributed by atoms with van der Waals surface area (Å²) in [6.07, 6.45) is 5.34. The third-order valence-corrected chi connectivity index (χ3v) is 4.78. The van der Waals surface area contributed by atoms with E-state index in [0.29, 0.717) is 23.9 Å². The zero-order chi connectivity index (χ0) is 19.1. The van der Waals surface area contributed by atoms with Crippen LogP contribution in [0.1, 0.15) is 23.3 Å². The number of aromatic nitrogens is 3. The lowest BCUT2D eigenvalue weighted by molar-refractivity contribution is 0.0947. The second-order valence-corrected chi connectivity index (χ2v) is 6.73. The van der Waals surface area contributed by atoms with Gasteiger partial charge in [-0.15, -0.1) is 0 Å². The van der Waals surface area contributed by atoms with E-state index in [0.717, 1.165) is 12.8 Å². The number of nitrogens with one attached hydrogen (secondary N) is 1. The quantitative estimate of drug-likeness (QED) is 0.745. The van der Waals surface area contributed by atoms with Crippen LogP contribution in [-0.4, -0.2) is 33.5 Å². The van der Waals surface area contributed by atoms with Crippen LogP contribution in [0.2, 0.25) is 0 Å². The van der Waals surface area contributed by atoms with E-state index in [1.165, 1.54) is 28.3 Å². The van der Waals surface area contributed by atoms with Crippen molar-refractivity contribution in [2.45, 2.75) is 12.8 Å². The molecule has 140 valence electrons. The summed E-state index contributed by atoms with van der Waals surface area (Å²) >= 11 is 0. The van der Waals surface area contributed by atoms with Crippen molar-refractivity contribution >= 4 is 11.6 Å². The van der Waals surface area contributed by atoms with Gasteiger partial charge in [0.2, 0.25) is 5.65 Å². The van der Waals surface area contributed by atoms with Crippen molar-refractivity contribution in [3.05, 3.63) is 52.5 Å². The zero-order valence-electron chi connectivity index (χ0n) is 15.0. The van der Waals surface area contributed by atoms with Gasteiger partial charge < -0.3 is 14.6 Å². The lowest BCUT2D eigenvalue weighted by Gasteiger charge is -2.11. The Hall–Kier alpha value is -3.16. The summed E-state index contributed by atoms with van der Waals surface area (Å²) in [6, 6.07) is 4.43. The highest BCUT2D eigenvalue weighted by Gasteiger charge is 2.23. The number of imidazole rings is 1. The average molecular weight is 370 g/mol. The highest BCUT2D eigenvalue weighted by atomic mass is 19.1. The van der Waals surface area contributed by atoms with Crippen LogP contribution in [0.15, 0.2) is 35.4 Å². The molecule has 0 radical (unpaired) electrons. The van der Waals surface area contributed by atoms with Gasteiger partial charge in [-0.05, 0) is 30.9 Å². The Morgan fingerprint density at radius 2 is 2.15 bits per heavy atom. The summed E-state index contributed by atoms with van der Waals surface area (Å²) in [6.45, 7) is 0.618. The van der Waals surface area contributed by atoms with E-state index in [2.05, 4.69) is 10.3 Å². The standard InChI is InChI=1S/C19H19FN4O3/c1-23-16(13-6-5-12(27-2)7-14(13)20)10-24-9-15(22-17(24)19(23)26)18(25)21-8-11-3-4-11/h5-7,9-11H,3-4,8H2,1-2H3,(H,21,25). The van der Waals surface area contributed by atoms with Crippen molar-refractivity contribution in [1.82, 2.24) is 19.3 Å². The first-order valence-corrected chi connectivity index (χ1v) is 8.68. The molecule has 8 heteroatoms. The summed E-state index contributed by atoms with van der Waals surface area (Å²) in [7, 11) is 3.00. The molecule has 0 spiro atoms. The second kappa shape index (κ2) is 6.53. The first-order valence-electron chi connectivity index (χ1n) is 8.68. The number of ether oxygens (including phenoxy) is 1. The van der Waals surface area contributed by atoms with E-state index in [-0.39, 0.29) is 22.8 Å². The molecule has 0 saturated heterocycles. The Balaban J connectivity index is 1.75. The van der Waals surface area contributed by atoms with E-state index >= 15 is 0 Å². The number of halogens is 1. The van der Waals surface area contributed by atoms with Gasteiger partial charge in [0.25, 0.3) is 11.5 Å². The van der Waals surface area contributed by atoms with Gasteiger partial charge >= 0.3 is 0 Å². The van der Waals surface area contributed by atoms with Crippen LogP contribution in [-0.2, 0) is 7.05 Å². The van der Waals surface area contributed by atoms with Crippen LogP contribution in [0.4, 0.5) is 4.39 Å². The summed E-state index contributed by atoms with van der Waals surface area (Å²) in [5.41, 5.74) is 0.497. The molecule has 2 aromatic heterocycles. The van der Waals surface area contributed by atoms with Crippen molar-refractivity contribution in [2.75, 3.05) is 13.7 Å². The van der Waals surface area contributed by atoms with Crippen LogP contribution in [0.3, 0.4) is 0 Å². The first-order chi connectivity index (χ1) is 13.0. The Morgan fingerprint density at radius 1 is 1.37 bits per heavy atom. The van der Waals surface area contributed by atoms with Crippen molar-refractivity contribution in [1.29, 1.82) is 0 Å². The Morgan fingerprint density at radius 3 is 2.81 bits per heavy atom. The molecule has 0 unspecified atom stereocenters. The lowest BCUT2D eigenvalue weighted by atomic mass is 10.1. The molecule has 2 heterocycles. The fourth-order valence-corrected chi connectivity index (χ4v) is 2.97. The number of methoxy groups -OCH3 is 1. The van der Waals surface area contributed by atoms with Crippen molar-refractivity contribution in [2.24, 2.45) is 13.0 Å². The van der Waals surface area contributed by atoms with Crippen LogP contribution >= 0.6 is 0 Å². The molecule has 1 amide bonds. The SMILES string of the molecule is COc1ccc(-c2cn3cc(C(=O)NCC4CC4)nc3c(=O)n2C)c(F)c1. The highest BCUT2D eigenvalue weighted by molar-refractivity contribution is 5.92. The number of carbonyl (C=O) groups excluding carboxylic acids is 1. The summed E-state index contributed by atoms with van der Waals surface area (Å²) in [5.74, 6) is 0.110. The Bertz CT molecular complexity index is 1100. The molecule has 1 saturated carbocycles. The topological polar surface area (TPSA) is 77.6 Å². The van der Waals surface area contributed by atoms with E-state index in [1.54, 1.807) is 25.4 Å². The van der Waals surface area contributed by atoms with Crippen molar-refractivity contribution in [3.8, 4) is 17.0 Å². The van der Waals surface area contributed by atoms with Gasteiger partial charge in [-0.3, -0.25) is 14.0 Å². The predicted octanol–water partition coefficient (Wildman–Crippen LogP) is 1.99. The van der Waals surface area contributed by atoms with E-state index in [9.17, 15) is 14.0 Å². The van der Waals surface area contributed by atoms with Crippen LogP contribution in [0, 0.1) is 11.7 Å². The monoisotopic (exact) mass is 370 g/mol. The summed E-state index contributed by atoms with van der Waals surface area (Å²) < 4.78 is 22.3. The Labute approximate surface area is 154 Å². The zero-order valence-corrected chi connectivity index (χ0v) is 15.0. The normalized spacial score (nSPS) is 13.7. The van der Waals surface area contributed by atoms with Gasteiger partial charge in [0.1, 0.15) is 17.3 Å². The van der Waals surface area contributed by atoms with Gasteiger partial charge in [-0.2, -0.15) is 0 Å². The van der Waals surface area contributed by atoms with Gasteiger partial charge in [-0.1, -0.05) is 0 Å². The van der Waals surface area contributed by atoms with E-state index < -0.39 is 11.4 Å². The number of fused-ring (bicyclic) bond motifs is 1. The van der Waals surface area contributed by atoms with Gasteiger partial charge in [0.15, 0.2) is 0 Å². The van der Waals surface area contributed by atoms with Crippen molar-refractivity contribution in [3.63, 3.8) is 0 Å². The van der Waals surface area contributed by atoms with E-state index in [1.807, 2.05) is 0 Å². The predicted molar refractivity (Wildman–Crippen MR) is 97.4 cm³/mol. The number of nitrogens with zero attached hydrogens (tertiary/aromatic N) is 3. The smallest absolute Gasteiger partial charge is 0.294 e. The molecule has 4 rings (SSSR count). The summed E-state index contributed by atoms with van der Waals surface area (Å²) in [5, 5.41) is 2.83. The molecular formula is C19H19FN4O3. The van der Waals surface area contributed by atoms with E-state index in [4.69, 9.17) is 4.74 Å². The minimum atomic E-state index is -0.508. The molecule has 27 heavy (non-hydrogen) atoms. The average Bonchev–Trinajstić information content (AvgIpc) is 3.40. The molecule has 0 bridgehead atoms. The lowest BCUT2D eigenvalue weighted by Crippen LogP contribution is -2.26. The van der Waals surface area contributed by atoms with Crippen LogP contribution < -0.4 is 15.6 Å². The number of hydrogen-bond donors (Lipinski definition) is 1. The molecule has 1 N–H and O–H groups in total. The van der Waals surface area contributed by atoms with Crippen LogP contribution in [0.25, 0.3) is 16.9 Å². The van der Waals surface area contributed by atoms with Crippen LogP contribution in [0.5, 0.6) is 5.75 Å². The second-order valence-electron chi connectivity index (χ2n) is 6.73. The molecular weight excluding hydrogens is 351 g/mol. The fraction of sp³-hybridized carbons (Fsp3) is 0.316. The van der Waals surface area contributed by atoms with Crippen molar-refractivity contribution < 1.29 is 13.9 Å². The number of hydrogen-bond acceptors (Lipinski definition) is 4. The number of amides is 1. The third kappa shape index (κ3) is 3.18. The molecule has 1 aliphatic carbocycles. The molecule has 1 aliphatic rings.